The van der Waals surface area contributed by atoms with Crippen molar-refractivity contribution in [1.82, 2.24) is 9.97 Å². The molecule has 0 spiro atoms. The van der Waals surface area contributed by atoms with E-state index in [1.807, 2.05) is 6.07 Å². The number of rotatable bonds is 4. The summed E-state index contributed by atoms with van der Waals surface area (Å²) in [6.45, 7) is 4.99. The average molecular weight is 312 g/mol. The Hall–Kier alpha value is -0.940. The maximum absolute atomic E-state index is 4.43. The fraction of sp³-hybridized carbons (Fsp3) is 0.333. The molecule has 17 heavy (non-hydrogen) atoms. The molecular formula is C12H14BrN3S. The predicted molar refractivity (Wildman–Crippen MR) is 75.5 cm³/mol. The number of hydrogen-bond acceptors (Lipinski definition) is 4. The molecule has 0 aliphatic rings. The van der Waals surface area contributed by atoms with E-state index in [0.717, 1.165) is 29.2 Å². The molecule has 1 N–H and O–H groups in total. The van der Waals surface area contributed by atoms with Crippen LogP contribution in [-0.4, -0.2) is 9.97 Å². The number of aryl methyl sites for hydroxylation is 2. The molecule has 2 aromatic rings. The van der Waals surface area contributed by atoms with Gasteiger partial charge in [-0.05, 0) is 39.9 Å². The number of nitrogens with zero attached hydrogens (tertiary/aromatic N) is 2. The van der Waals surface area contributed by atoms with Crippen LogP contribution in [0.4, 0.5) is 5.82 Å². The number of halogens is 1. The first kappa shape index (κ1) is 12.5. The molecule has 0 unspecified atom stereocenters. The standard InChI is InChI=1S/C12H14BrN3S/c1-3-11-15-10(13)6-12(16-11)14-7-9-8(2)4-5-17-9/h4-6H,3,7H2,1-2H3,(H,14,15,16). The molecule has 0 radical (unpaired) electrons. The zero-order chi connectivity index (χ0) is 12.3. The highest BCUT2D eigenvalue weighted by atomic mass is 79.9. The SMILES string of the molecule is CCc1nc(Br)cc(NCc2sccc2C)n1. The maximum atomic E-state index is 4.43. The summed E-state index contributed by atoms with van der Waals surface area (Å²) in [4.78, 5) is 10.1. The lowest BCUT2D eigenvalue weighted by Crippen LogP contribution is -2.04. The van der Waals surface area contributed by atoms with E-state index in [0.29, 0.717) is 0 Å². The van der Waals surface area contributed by atoms with Gasteiger partial charge in [-0.25, -0.2) is 9.97 Å². The molecule has 0 bridgehead atoms. The largest absolute Gasteiger partial charge is 0.365 e. The summed E-state index contributed by atoms with van der Waals surface area (Å²) in [6, 6.07) is 4.04. The van der Waals surface area contributed by atoms with Crippen molar-refractivity contribution in [1.29, 1.82) is 0 Å². The van der Waals surface area contributed by atoms with Gasteiger partial charge in [-0.15, -0.1) is 11.3 Å². The lowest BCUT2D eigenvalue weighted by atomic mass is 10.3. The molecule has 2 rings (SSSR count). The van der Waals surface area contributed by atoms with E-state index in [2.05, 4.69) is 56.5 Å². The normalized spacial score (nSPS) is 10.5. The van der Waals surface area contributed by atoms with Gasteiger partial charge in [0.25, 0.3) is 0 Å². The van der Waals surface area contributed by atoms with Gasteiger partial charge in [0, 0.05) is 17.4 Å². The van der Waals surface area contributed by atoms with E-state index >= 15 is 0 Å². The molecule has 2 heterocycles. The maximum Gasteiger partial charge on any atom is 0.131 e. The van der Waals surface area contributed by atoms with E-state index in [9.17, 15) is 0 Å². The van der Waals surface area contributed by atoms with Gasteiger partial charge >= 0.3 is 0 Å². The van der Waals surface area contributed by atoms with Gasteiger partial charge < -0.3 is 5.32 Å². The highest BCUT2D eigenvalue weighted by Crippen LogP contribution is 2.18. The van der Waals surface area contributed by atoms with Crippen LogP contribution in [0.15, 0.2) is 22.1 Å². The van der Waals surface area contributed by atoms with Crippen LogP contribution in [-0.2, 0) is 13.0 Å². The quantitative estimate of drug-likeness (QED) is 0.873. The molecule has 90 valence electrons. The number of anilines is 1. The zero-order valence-corrected chi connectivity index (χ0v) is 12.2. The van der Waals surface area contributed by atoms with Crippen molar-refractivity contribution in [3.8, 4) is 0 Å². The fourth-order valence-corrected chi connectivity index (χ4v) is 2.74. The number of thiophene rings is 1. The average Bonchev–Trinajstić information content (AvgIpc) is 2.71. The molecule has 0 amide bonds. The lowest BCUT2D eigenvalue weighted by Gasteiger charge is -2.06. The Morgan fingerprint density at radius 3 is 2.88 bits per heavy atom. The van der Waals surface area contributed by atoms with Crippen molar-refractivity contribution in [3.63, 3.8) is 0 Å². The summed E-state index contributed by atoms with van der Waals surface area (Å²) in [5.74, 6) is 1.72. The van der Waals surface area contributed by atoms with Gasteiger partial charge in [-0.3, -0.25) is 0 Å². The minimum absolute atomic E-state index is 0.816. The van der Waals surface area contributed by atoms with Crippen molar-refractivity contribution in [2.75, 3.05) is 5.32 Å². The Bertz CT molecular complexity index is 510. The molecule has 0 saturated heterocycles. The van der Waals surface area contributed by atoms with E-state index in [4.69, 9.17) is 0 Å². The van der Waals surface area contributed by atoms with Gasteiger partial charge in [0.15, 0.2) is 0 Å². The fourth-order valence-electron chi connectivity index (χ4n) is 1.47. The third-order valence-corrected chi connectivity index (χ3v) is 3.88. The Balaban J connectivity index is 2.09. The molecule has 3 nitrogen and oxygen atoms in total. The van der Waals surface area contributed by atoms with E-state index < -0.39 is 0 Å². The topological polar surface area (TPSA) is 37.8 Å². The second-order valence-electron chi connectivity index (χ2n) is 3.73. The summed E-state index contributed by atoms with van der Waals surface area (Å²) in [7, 11) is 0. The molecule has 0 atom stereocenters. The second kappa shape index (κ2) is 5.60. The van der Waals surface area contributed by atoms with Crippen molar-refractivity contribution < 1.29 is 0 Å². The Labute approximate surface area is 113 Å². The van der Waals surface area contributed by atoms with Gasteiger partial charge in [-0.1, -0.05) is 6.92 Å². The van der Waals surface area contributed by atoms with E-state index in [1.54, 1.807) is 11.3 Å². The van der Waals surface area contributed by atoms with Gasteiger partial charge in [-0.2, -0.15) is 0 Å². The van der Waals surface area contributed by atoms with E-state index in [-0.39, 0.29) is 0 Å². The molecule has 5 heteroatoms. The summed E-state index contributed by atoms with van der Waals surface area (Å²) >= 11 is 5.16. The van der Waals surface area contributed by atoms with Crippen molar-refractivity contribution >= 4 is 33.1 Å². The first-order valence-electron chi connectivity index (χ1n) is 5.49. The molecule has 0 saturated carbocycles. The molecule has 0 fully saturated rings. The smallest absolute Gasteiger partial charge is 0.131 e. The molecule has 0 aromatic carbocycles. The Kier molecular flexibility index (Phi) is 4.12. The van der Waals surface area contributed by atoms with Gasteiger partial charge in [0.05, 0.1) is 6.54 Å². The van der Waals surface area contributed by atoms with Gasteiger partial charge in [0.2, 0.25) is 0 Å². The highest BCUT2D eigenvalue weighted by Gasteiger charge is 2.03. The lowest BCUT2D eigenvalue weighted by molar-refractivity contribution is 0.922. The van der Waals surface area contributed by atoms with Crippen molar-refractivity contribution in [2.24, 2.45) is 0 Å². The van der Waals surface area contributed by atoms with Crippen LogP contribution in [0.2, 0.25) is 0 Å². The van der Waals surface area contributed by atoms with Crippen LogP contribution in [0, 0.1) is 6.92 Å². The second-order valence-corrected chi connectivity index (χ2v) is 5.54. The summed E-state index contributed by atoms with van der Waals surface area (Å²) in [5.41, 5.74) is 1.33. The monoisotopic (exact) mass is 311 g/mol. The molecule has 0 aliphatic heterocycles. The third-order valence-electron chi connectivity index (χ3n) is 2.46. The highest BCUT2D eigenvalue weighted by molar-refractivity contribution is 9.10. The first-order valence-corrected chi connectivity index (χ1v) is 7.16. The first-order chi connectivity index (χ1) is 8.19. The van der Waals surface area contributed by atoms with Crippen LogP contribution < -0.4 is 5.32 Å². The van der Waals surface area contributed by atoms with Crippen LogP contribution in [0.3, 0.4) is 0 Å². The van der Waals surface area contributed by atoms with Crippen LogP contribution in [0.1, 0.15) is 23.2 Å². The van der Waals surface area contributed by atoms with Crippen molar-refractivity contribution in [3.05, 3.63) is 38.4 Å². The van der Waals surface area contributed by atoms with Gasteiger partial charge in [0.1, 0.15) is 16.2 Å². The molecule has 0 aliphatic carbocycles. The minimum Gasteiger partial charge on any atom is -0.365 e. The predicted octanol–water partition coefficient (Wildman–Crippen LogP) is 3.78. The summed E-state index contributed by atoms with van der Waals surface area (Å²) in [6.07, 6.45) is 0.839. The number of aromatic nitrogens is 2. The Morgan fingerprint density at radius 2 is 2.24 bits per heavy atom. The van der Waals surface area contributed by atoms with Crippen LogP contribution in [0.5, 0.6) is 0 Å². The minimum atomic E-state index is 0.816. The zero-order valence-electron chi connectivity index (χ0n) is 9.83. The molecular weight excluding hydrogens is 298 g/mol. The Morgan fingerprint density at radius 1 is 1.41 bits per heavy atom. The van der Waals surface area contributed by atoms with E-state index in [1.165, 1.54) is 10.4 Å². The number of hydrogen-bond donors (Lipinski definition) is 1. The van der Waals surface area contributed by atoms with Crippen molar-refractivity contribution in [2.45, 2.75) is 26.8 Å². The van der Waals surface area contributed by atoms with Crippen LogP contribution in [0.25, 0.3) is 0 Å². The van der Waals surface area contributed by atoms with Crippen LogP contribution >= 0.6 is 27.3 Å². The third kappa shape index (κ3) is 3.26. The summed E-state index contributed by atoms with van der Waals surface area (Å²) in [5, 5.41) is 5.44. The molecule has 2 aromatic heterocycles. The number of nitrogens with one attached hydrogen (secondary N) is 1. The summed E-state index contributed by atoms with van der Waals surface area (Å²) < 4.78 is 0.828.